The van der Waals surface area contributed by atoms with Gasteiger partial charge >= 0.3 is 7.82 Å². The lowest BCUT2D eigenvalue weighted by Crippen LogP contribution is -2.06. The number of hydrogen-bond acceptors (Lipinski definition) is 4. The van der Waals surface area contributed by atoms with E-state index in [1.165, 1.54) is 0 Å². The third kappa shape index (κ3) is 6.38. The molecule has 0 aliphatic carbocycles. The molecule has 3 rings (SSSR count). The highest BCUT2D eigenvalue weighted by atomic mass is 127. The summed E-state index contributed by atoms with van der Waals surface area (Å²) in [6, 6.07) is 27.4. The van der Waals surface area contributed by atoms with Gasteiger partial charge < -0.3 is 13.6 Å². The van der Waals surface area contributed by atoms with Gasteiger partial charge in [-0.1, -0.05) is 80.1 Å². The van der Waals surface area contributed by atoms with Crippen LogP contribution in [0.5, 0.6) is 11.5 Å². The minimum atomic E-state index is -4.02. The number of para-hydroxylation sites is 2. The number of phosphoric ester groups is 1. The summed E-state index contributed by atoms with van der Waals surface area (Å²) in [6.07, 6.45) is 1.73. The quantitative estimate of drug-likeness (QED) is 0.164. The van der Waals surface area contributed by atoms with E-state index < -0.39 is 7.82 Å². The summed E-state index contributed by atoms with van der Waals surface area (Å²) in [5.74, 6) is 1.32. The van der Waals surface area contributed by atoms with Gasteiger partial charge in [0, 0.05) is 9.14 Å². The number of halogens is 1. The fraction of sp³-hybridized carbons (Fsp3) is 0.130. The summed E-state index contributed by atoms with van der Waals surface area (Å²) in [6.45, 7) is 2.09. The molecule has 29 heavy (non-hydrogen) atoms. The van der Waals surface area contributed by atoms with Crippen LogP contribution in [0.25, 0.3) is 5.76 Å². The summed E-state index contributed by atoms with van der Waals surface area (Å²) in [4.78, 5) is 0. The van der Waals surface area contributed by atoms with Crippen LogP contribution in [0.15, 0.2) is 94.6 Å². The molecule has 3 aromatic carbocycles. The highest BCUT2D eigenvalue weighted by molar-refractivity contribution is 14.1. The van der Waals surface area contributed by atoms with E-state index >= 15 is 0 Å². The molecule has 0 radical (unpaired) electrons. The molecule has 150 valence electrons. The van der Waals surface area contributed by atoms with Crippen molar-refractivity contribution in [3.05, 3.63) is 100 Å². The summed E-state index contributed by atoms with van der Waals surface area (Å²) in [5.41, 5.74) is 0.818. The van der Waals surface area contributed by atoms with E-state index in [1.807, 2.05) is 42.5 Å². The van der Waals surface area contributed by atoms with Gasteiger partial charge in [-0.15, -0.1) is 0 Å². The third-order valence-electron chi connectivity index (χ3n) is 3.88. The van der Waals surface area contributed by atoms with Crippen LogP contribution in [0, 0.1) is 0 Å². The molecule has 0 unspecified atom stereocenters. The molecule has 0 heterocycles. The standard InChI is InChI=1S/C23H22IO4P/c1-2-12-22(24)23(19-13-6-3-7-14-19)28-29(25,26-20-15-8-4-9-16-20)27-21-17-10-5-11-18-21/h3-11,13-18H,2,12H2,1H3/b23-22+. The first kappa shape index (κ1) is 21.5. The fourth-order valence-corrected chi connectivity index (χ4v) is 5.02. The SMILES string of the molecule is CCC/C(I)=C(\OP(=O)(Oc1ccccc1)Oc1ccccc1)c1ccccc1. The summed E-state index contributed by atoms with van der Waals surface area (Å²) >= 11 is 2.23. The number of hydrogen-bond donors (Lipinski definition) is 0. The zero-order chi connectivity index (χ0) is 20.5. The maximum atomic E-state index is 13.7. The molecule has 0 fully saturated rings. The van der Waals surface area contributed by atoms with E-state index in [0.29, 0.717) is 17.3 Å². The Morgan fingerprint density at radius 1 is 0.793 bits per heavy atom. The van der Waals surface area contributed by atoms with Crippen LogP contribution >= 0.6 is 30.4 Å². The first-order valence-electron chi connectivity index (χ1n) is 9.32. The van der Waals surface area contributed by atoms with Gasteiger partial charge in [0.05, 0.1) is 0 Å². The van der Waals surface area contributed by atoms with Crippen LogP contribution in [-0.2, 0) is 9.09 Å². The van der Waals surface area contributed by atoms with Crippen molar-refractivity contribution in [2.24, 2.45) is 0 Å². The average Bonchev–Trinajstić information content (AvgIpc) is 2.74. The van der Waals surface area contributed by atoms with Crippen molar-refractivity contribution in [2.75, 3.05) is 0 Å². The largest absolute Gasteiger partial charge is 0.647 e. The van der Waals surface area contributed by atoms with Crippen molar-refractivity contribution < 1.29 is 18.1 Å². The van der Waals surface area contributed by atoms with Gasteiger partial charge in [-0.05, 0) is 53.3 Å². The summed E-state index contributed by atoms with van der Waals surface area (Å²) in [7, 11) is -4.02. The maximum Gasteiger partial charge on any atom is 0.647 e. The minimum absolute atomic E-state index is 0.407. The lowest BCUT2D eigenvalue weighted by atomic mass is 10.1. The van der Waals surface area contributed by atoms with Gasteiger partial charge in [0.25, 0.3) is 0 Å². The zero-order valence-corrected chi connectivity index (χ0v) is 19.1. The van der Waals surface area contributed by atoms with Crippen LogP contribution in [0.2, 0.25) is 0 Å². The minimum Gasteiger partial charge on any atom is -0.386 e. The van der Waals surface area contributed by atoms with Gasteiger partial charge in [-0.3, -0.25) is 0 Å². The van der Waals surface area contributed by atoms with Crippen LogP contribution in [-0.4, -0.2) is 0 Å². The van der Waals surface area contributed by atoms with Crippen molar-refractivity contribution in [2.45, 2.75) is 19.8 Å². The smallest absolute Gasteiger partial charge is 0.386 e. The molecule has 0 saturated heterocycles. The Kier molecular flexibility index (Phi) is 7.78. The third-order valence-corrected chi connectivity index (χ3v) is 6.18. The Morgan fingerprint density at radius 3 is 1.69 bits per heavy atom. The van der Waals surface area contributed by atoms with Crippen molar-refractivity contribution in [1.29, 1.82) is 0 Å². The molecule has 0 N–H and O–H groups in total. The Labute approximate surface area is 185 Å². The van der Waals surface area contributed by atoms with Crippen molar-refractivity contribution in [1.82, 2.24) is 0 Å². The van der Waals surface area contributed by atoms with Crippen molar-refractivity contribution in [3.8, 4) is 11.5 Å². The van der Waals surface area contributed by atoms with E-state index in [4.69, 9.17) is 13.6 Å². The molecule has 0 spiro atoms. The molecular weight excluding hydrogens is 498 g/mol. The highest BCUT2D eigenvalue weighted by Gasteiger charge is 2.35. The van der Waals surface area contributed by atoms with Crippen LogP contribution in [0.4, 0.5) is 0 Å². The molecular formula is C23H22IO4P. The van der Waals surface area contributed by atoms with Gasteiger partial charge in [0.15, 0.2) is 0 Å². The molecule has 3 aromatic rings. The van der Waals surface area contributed by atoms with Gasteiger partial charge in [0.1, 0.15) is 17.3 Å². The second kappa shape index (κ2) is 10.5. The molecule has 0 aliphatic heterocycles. The monoisotopic (exact) mass is 520 g/mol. The van der Waals surface area contributed by atoms with Gasteiger partial charge in [-0.25, -0.2) is 0 Å². The lowest BCUT2D eigenvalue weighted by molar-refractivity contribution is 0.284. The fourth-order valence-electron chi connectivity index (χ4n) is 2.57. The summed E-state index contributed by atoms with van der Waals surface area (Å²) < 4.78 is 32.2. The average molecular weight is 520 g/mol. The molecule has 0 aliphatic rings. The highest BCUT2D eigenvalue weighted by Crippen LogP contribution is 2.53. The topological polar surface area (TPSA) is 44.8 Å². The van der Waals surface area contributed by atoms with Crippen LogP contribution in [0.3, 0.4) is 0 Å². The van der Waals surface area contributed by atoms with Crippen molar-refractivity contribution >= 4 is 36.2 Å². The molecule has 0 atom stereocenters. The van der Waals surface area contributed by atoms with Crippen LogP contribution in [0.1, 0.15) is 25.3 Å². The number of phosphoric acid groups is 1. The van der Waals surface area contributed by atoms with Crippen LogP contribution < -0.4 is 9.05 Å². The van der Waals surface area contributed by atoms with Crippen molar-refractivity contribution in [3.63, 3.8) is 0 Å². The number of rotatable bonds is 9. The van der Waals surface area contributed by atoms with Gasteiger partial charge in [0.2, 0.25) is 0 Å². The lowest BCUT2D eigenvalue weighted by Gasteiger charge is -2.22. The predicted octanol–water partition coefficient (Wildman–Crippen LogP) is 7.87. The molecule has 4 nitrogen and oxygen atoms in total. The zero-order valence-electron chi connectivity index (χ0n) is 16.0. The molecule has 6 heteroatoms. The molecule has 0 bridgehead atoms. The normalized spacial score (nSPS) is 12.1. The van der Waals surface area contributed by atoms with E-state index in [-0.39, 0.29) is 0 Å². The Bertz CT molecular complexity index is 930. The Morgan fingerprint density at radius 2 is 1.24 bits per heavy atom. The van der Waals surface area contributed by atoms with E-state index in [2.05, 4.69) is 29.5 Å². The first-order chi connectivity index (χ1) is 14.1. The second-order valence-corrected chi connectivity index (χ2v) is 8.94. The maximum absolute atomic E-state index is 13.7. The Hall–Kier alpha value is -2.24. The van der Waals surface area contributed by atoms with E-state index in [0.717, 1.165) is 22.0 Å². The number of allylic oxidation sites excluding steroid dienone is 1. The van der Waals surface area contributed by atoms with E-state index in [1.54, 1.807) is 48.5 Å². The second-order valence-electron chi connectivity index (χ2n) is 6.20. The molecule has 0 aromatic heterocycles. The summed E-state index contributed by atoms with van der Waals surface area (Å²) in [5, 5.41) is 0. The molecule has 0 amide bonds. The Balaban J connectivity index is 1.99. The number of benzene rings is 3. The van der Waals surface area contributed by atoms with Gasteiger partial charge in [-0.2, -0.15) is 4.57 Å². The van der Waals surface area contributed by atoms with E-state index in [9.17, 15) is 4.57 Å². The predicted molar refractivity (Wildman–Crippen MR) is 125 cm³/mol. The molecule has 0 saturated carbocycles. The first-order valence-corrected chi connectivity index (χ1v) is 11.9.